The maximum Gasteiger partial charge on any atom is 0.270 e. The van der Waals surface area contributed by atoms with Crippen LogP contribution >= 0.6 is 11.6 Å². The molecule has 1 aliphatic rings. The molecule has 8 nitrogen and oxygen atoms in total. The largest absolute Gasteiger partial charge is 0.340 e. The first-order valence-electron chi connectivity index (χ1n) is 11.3. The Balaban J connectivity index is 1.59. The molecule has 0 bridgehead atoms. The number of hydrogen-bond acceptors (Lipinski definition) is 5. The van der Waals surface area contributed by atoms with Crippen molar-refractivity contribution in [3.05, 3.63) is 110 Å². The summed E-state index contributed by atoms with van der Waals surface area (Å²) in [6, 6.07) is 16.4. The minimum Gasteiger partial charge on any atom is -0.340 e. The lowest BCUT2D eigenvalue weighted by Gasteiger charge is -2.34. The van der Waals surface area contributed by atoms with E-state index in [1.54, 1.807) is 4.90 Å². The summed E-state index contributed by atoms with van der Waals surface area (Å²) >= 11 is 6.08. The van der Waals surface area contributed by atoms with Crippen molar-refractivity contribution in [2.45, 2.75) is 25.3 Å². The van der Waals surface area contributed by atoms with Gasteiger partial charge < -0.3 is 4.90 Å². The lowest BCUT2D eigenvalue weighted by molar-refractivity contribution is -0.384. The first-order chi connectivity index (χ1) is 16.8. The lowest BCUT2D eigenvalue weighted by Crippen LogP contribution is -2.46. The van der Waals surface area contributed by atoms with E-state index in [1.165, 1.54) is 42.1 Å². The molecule has 9 heteroatoms. The van der Waals surface area contributed by atoms with E-state index in [0.29, 0.717) is 19.0 Å². The van der Waals surface area contributed by atoms with Gasteiger partial charge in [0.05, 0.1) is 9.95 Å². The second kappa shape index (κ2) is 10.7. The first kappa shape index (κ1) is 24.3. The smallest absolute Gasteiger partial charge is 0.270 e. The Bertz CT molecular complexity index is 1300. The summed E-state index contributed by atoms with van der Waals surface area (Å²) in [5.41, 5.74) is 0.373. The third-order valence-electron chi connectivity index (χ3n) is 6.30. The van der Waals surface area contributed by atoms with E-state index < -0.39 is 28.2 Å². The highest BCUT2D eigenvalue weighted by Crippen LogP contribution is 2.26. The molecule has 1 aliphatic heterocycles. The van der Waals surface area contributed by atoms with Crippen LogP contribution in [0, 0.1) is 16.0 Å². The molecule has 2 aromatic carbocycles. The molecule has 1 fully saturated rings. The summed E-state index contributed by atoms with van der Waals surface area (Å²) in [6.45, 7) is 0.898. The standard InChI is InChI=1S/C26H24ClN3O5/c27-21-9-10-23(31)29(17-21)24(25(32)20-7-4-8-22(16-20)30(34)35)26(33)28-13-11-19(12-14-28)15-18-5-2-1-3-6-18/h1-10,16-17,19,24H,11-15H2/t24-/m0/s1. The number of non-ortho nitro benzene ring substituents is 1. The van der Waals surface area contributed by atoms with Crippen molar-refractivity contribution in [1.82, 2.24) is 9.47 Å². The van der Waals surface area contributed by atoms with Crippen LogP contribution in [0.5, 0.6) is 0 Å². The predicted molar refractivity (Wildman–Crippen MR) is 132 cm³/mol. The zero-order valence-electron chi connectivity index (χ0n) is 18.9. The van der Waals surface area contributed by atoms with E-state index in [1.807, 2.05) is 18.2 Å². The summed E-state index contributed by atoms with van der Waals surface area (Å²) < 4.78 is 1.02. The minimum atomic E-state index is -1.51. The summed E-state index contributed by atoms with van der Waals surface area (Å²) in [7, 11) is 0. The average molecular weight is 494 g/mol. The average Bonchev–Trinajstić information content (AvgIpc) is 2.87. The number of Topliss-reactive ketones (excluding diaryl/α,β-unsaturated/α-hetero) is 1. The number of nitro benzene ring substituents is 1. The first-order valence-corrected chi connectivity index (χ1v) is 11.7. The molecule has 2 heterocycles. The van der Waals surface area contributed by atoms with E-state index in [2.05, 4.69) is 12.1 Å². The zero-order chi connectivity index (χ0) is 24.9. The molecule has 0 unspecified atom stereocenters. The molecule has 1 aromatic heterocycles. The summed E-state index contributed by atoms with van der Waals surface area (Å²) in [6.07, 6.45) is 3.70. The van der Waals surface area contributed by atoms with Crippen molar-refractivity contribution >= 4 is 29.0 Å². The van der Waals surface area contributed by atoms with Gasteiger partial charge in [0.1, 0.15) is 0 Å². The van der Waals surface area contributed by atoms with Gasteiger partial charge in [0.15, 0.2) is 11.8 Å². The highest BCUT2D eigenvalue weighted by molar-refractivity contribution is 6.30. The Morgan fingerprint density at radius 3 is 2.43 bits per heavy atom. The van der Waals surface area contributed by atoms with E-state index >= 15 is 0 Å². The Labute approximate surface area is 206 Å². The van der Waals surface area contributed by atoms with Gasteiger partial charge in [-0.1, -0.05) is 54.1 Å². The van der Waals surface area contributed by atoms with Crippen LogP contribution in [0.1, 0.15) is 34.8 Å². The fourth-order valence-electron chi connectivity index (χ4n) is 4.44. The highest BCUT2D eigenvalue weighted by atomic mass is 35.5. The number of benzene rings is 2. The third kappa shape index (κ3) is 5.66. The van der Waals surface area contributed by atoms with Crippen LogP contribution in [-0.4, -0.2) is 39.2 Å². The highest BCUT2D eigenvalue weighted by Gasteiger charge is 2.36. The molecule has 0 N–H and O–H groups in total. The van der Waals surface area contributed by atoms with Gasteiger partial charge >= 0.3 is 0 Å². The molecule has 0 spiro atoms. The number of likely N-dealkylation sites (tertiary alicyclic amines) is 1. The molecule has 180 valence electrons. The number of hydrogen-bond donors (Lipinski definition) is 0. The number of nitro groups is 1. The number of amides is 1. The Kier molecular flexibility index (Phi) is 7.41. The van der Waals surface area contributed by atoms with E-state index in [-0.39, 0.29) is 16.3 Å². The number of nitrogens with zero attached hydrogens (tertiary/aromatic N) is 3. The van der Waals surface area contributed by atoms with Gasteiger partial charge in [-0.05, 0) is 36.8 Å². The van der Waals surface area contributed by atoms with Gasteiger partial charge in [0, 0.05) is 43.0 Å². The van der Waals surface area contributed by atoms with Crippen LogP contribution < -0.4 is 5.56 Å². The Morgan fingerprint density at radius 1 is 1.03 bits per heavy atom. The molecule has 35 heavy (non-hydrogen) atoms. The summed E-state index contributed by atoms with van der Waals surface area (Å²) in [5.74, 6) is -0.820. The second-order valence-electron chi connectivity index (χ2n) is 8.63. The number of ketones is 1. The molecule has 1 atom stereocenters. The number of carbonyl (C=O) groups excluding carboxylic acids is 2. The van der Waals surface area contributed by atoms with Crippen LogP contribution in [0.3, 0.4) is 0 Å². The molecular formula is C26H24ClN3O5. The van der Waals surface area contributed by atoms with Crippen LogP contribution in [0.2, 0.25) is 5.02 Å². The van der Waals surface area contributed by atoms with Crippen LogP contribution in [-0.2, 0) is 11.2 Å². The SMILES string of the molecule is O=C(c1cccc([N+](=O)[O-])c1)[C@@H](C(=O)N1CCC(Cc2ccccc2)CC1)n1cc(Cl)ccc1=O. The number of piperidine rings is 1. The maximum absolute atomic E-state index is 13.6. The third-order valence-corrected chi connectivity index (χ3v) is 6.52. The molecule has 1 saturated heterocycles. The van der Waals surface area contributed by atoms with Crippen molar-refractivity contribution in [2.24, 2.45) is 5.92 Å². The van der Waals surface area contributed by atoms with Gasteiger partial charge in [0.25, 0.3) is 17.2 Å². The van der Waals surface area contributed by atoms with Gasteiger partial charge in [-0.2, -0.15) is 0 Å². The van der Waals surface area contributed by atoms with Crippen LogP contribution in [0.25, 0.3) is 0 Å². The summed E-state index contributed by atoms with van der Waals surface area (Å²) in [4.78, 5) is 52.0. The second-order valence-corrected chi connectivity index (χ2v) is 9.06. The van der Waals surface area contributed by atoms with Crippen molar-refractivity contribution in [3.8, 4) is 0 Å². The molecule has 1 amide bonds. The van der Waals surface area contributed by atoms with E-state index in [0.717, 1.165) is 29.9 Å². The van der Waals surface area contributed by atoms with Crippen molar-refractivity contribution in [3.63, 3.8) is 0 Å². The Morgan fingerprint density at radius 2 is 1.74 bits per heavy atom. The Hall–Kier alpha value is -3.78. The molecule has 0 radical (unpaired) electrons. The number of aromatic nitrogens is 1. The lowest BCUT2D eigenvalue weighted by atomic mass is 9.89. The molecule has 3 aromatic rings. The van der Waals surface area contributed by atoms with Gasteiger partial charge in [-0.25, -0.2) is 0 Å². The minimum absolute atomic E-state index is 0.0246. The van der Waals surface area contributed by atoms with E-state index in [9.17, 15) is 24.5 Å². The van der Waals surface area contributed by atoms with E-state index in [4.69, 9.17) is 11.6 Å². The van der Waals surface area contributed by atoms with Gasteiger partial charge in [-0.3, -0.25) is 29.1 Å². The van der Waals surface area contributed by atoms with Gasteiger partial charge in [0.2, 0.25) is 0 Å². The van der Waals surface area contributed by atoms with Crippen molar-refractivity contribution < 1.29 is 14.5 Å². The predicted octanol–water partition coefficient (Wildman–Crippen LogP) is 4.32. The van der Waals surface area contributed by atoms with Crippen molar-refractivity contribution in [2.75, 3.05) is 13.1 Å². The molecule has 4 rings (SSSR count). The van der Waals surface area contributed by atoms with Crippen LogP contribution in [0.4, 0.5) is 5.69 Å². The van der Waals surface area contributed by atoms with Crippen molar-refractivity contribution in [1.29, 1.82) is 0 Å². The molecule has 0 saturated carbocycles. The molecule has 0 aliphatic carbocycles. The molecular weight excluding hydrogens is 470 g/mol. The fraction of sp³-hybridized carbons (Fsp3) is 0.269. The zero-order valence-corrected chi connectivity index (χ0v) is 19.6. The number of carbonyl (C=O) groups is 2. The number of pyridine rings is 1. The summed E-state index contributed by atoms with van der Waals surface area (Å²) in [5, 5.41) is 11.4. The number of halogens is 1. The maximum atomic E-state index is 13.6. The topological polar surface area (TPSA) is 103 Å². The van der Waals surface area contributed by atoms with Gasteiger partial charge in [-0.15, -0.1) is 0 Å². The normalized spacial score (nSPS) is 14.9. The number of rotatable bonds is 7. The van der Waals surface area contributed by atoms with Crippen LogP contribution in [0.15, 0.2) is 77.7 Å². The fourth-order valence-corrected chi connectivity index (χ4v) is 4.61. The quantitative estimate of drug-likeness (QED) is 0.211. The monoisotopic (exact) mass is 493 g/mol.